The molecule has 3 fully saturated rings. The van der Waals surface area contributed by atoms with E-state index in [9.17, 15) is 24.9 Å². The smallest absolute Gasteiger partial charge is 0.330 e. The van der Waals surface area contributed by atoms with Crippen LogP contribution in [-0.4, -0.2) is 58.8 Å². The van der Waals surface area contributed by atoms with Gasteiger partial charge in [-0.3, -0.25) is 4.79 Å². The molecular weight excluding hydrogens is 472 g/mol. The van der Waals surface area contributed by atoms with Crippen molar-refractivity contribution in [2.45, 2.75) is 97.4 Å². The van der Waals surface area contributed by atoms with Crippen molar-refractivity contribution in [3.8, 4) is 0 Å². The van der Waals surface area contributed by atoms with Gasteiger partial charge in [0, 0.05) is 16.9 Å². The highest BCUT2D eigenvalue weighted by Crippen LogP contribution is 2.78. The van der Waals surface area contributed by atoms with Gasteiger partial charge in [-0.1, -0.05) is 38.5 Å². The average molecular weight is 517 g/mol. The minimum Gasteiger partial charge on any atom is -0.468 e. The Bertz CT molecular complexity index is 1060. The van der Waals surface area contributed by atoms with Crippen molar-refractivity contribution < 1.29 is 34.4 Å². The van der Waals surface area contributed by atoms with Crippen LogP contribution in [0.3, 0.4) is 0 Å². The van der Waals surface area contributed by atoms with Gasteiger partial charge in [0.15, 0.2) is 0 Å². The van der Waals surface area contributed by atoms with E-state index in [2.05, 4.69) is 26.8 Å². The Morgan fingerprint density at radius 3 is 2.54 bits per heavy atom. The minimum absolute atomic E-state index is 0.0331. The summed E-state index contributed by atoms with van der Waals surface area (Å²) in [6.07, 6.45) is 7.54. The van der Waals surface area contributed by atoms with E-state index in [1.807, 2.05) is 13.0 Å². The summed E-state index contributed by atoms with van der Waals surface area (Å²) in [5.74, 6) is -1.44. The number of carbonyl (C=O) groups excluding carboxylic acids is 2. The Labute approximate surface area is 220 Å². The van der Waals surface area contributed by atoms with Gasteiger partial charge in [0.25, 0.3) is 0 Å². The van der Waals surface area contributed by atoms with Crippen LogP contribution >= 0.6 is 0 Å². The van der Waals surface area contributed by atoms with Crippen LogP contribution in [0, 0.1) is 38.9 Å². The van der Waals surface area contributed by atoms with E-state index in [0.29, 0.717) is 32.1 Å². The first kappa shape index (κ1) is 26.9. The number of hydrogen-bond donors (Lipinski definition) is 3. The predicted octanol–water partition coefficient (Wildman–Crippen LogP) is 3.70. The first-order chi connectivity index (χ1) is 17.2. The Kier molecular flexibility index (Phi) is 5.93. The molecule has 7 heteroatoms. The van der Waals surface area contributed by atoms with E-state index >= 15 is 0 Å². The van der Waals surface area contributed by atoms with Gasteiger partial charge in [0.1, 0.15) is 12.0 Å². The summed E-state index contributed by atoms with van der Waals surface area (Å²) in [4.78, 5) is 26.4. The molecule has 206 valence electrons. The lowest BCUT2D eigenvalue weighted by atomic mass is 9.29. The Balaban J connectivity index is 1.73. The number of esters is 2. The molecule has 5 aliphatic rings. The van der Waals surface area contributed by atoms with Gasteiger partial charge >= 0.3 is 11.9 Å². The van der Waals surface area contributed by atoms with Gasteiger partial charge in [-0.05, 0) is 81.5 Å². The Hall–Kier alpha value is -1.70. The third kappa shape index (κ3) is 3.05. The monoisotopic (exact) mass is 516 g/mol. The van der Waals surface area contributed by atoms with Crippen LogP contribution in [0.25, 0.3) is 0 Å². The number of allylic oxidation sites excluding steroid dienone is 2. The molecular formula is C30H44O7. The molecule has 5 rings (SSSR count). The molecule has 0 amide bonds. The van der Waals surface area contributed by atoms with Gasteiger partial charge in [0.05, 0.1) is 24.9 Å². The molecule has 37 heavy (non-hydrogen) atoms. The summed E-state index contributed by atoms with van der Waals surface area (Å²) in [6, 6.07) is 0. The average Bonchev–Trinajstić information content (AvgIpc) is 3.00. The van der Waals surface area contributed by atoms with Crippen molar-refractivity contribution in [3.63, 3.8) is 0 Å². The molecule has 4 aliphatic carbocycles. The van der Waals surface area contributed by atoms with Crippen LogP contribution in [0.5, 0.6) is 0 Å². The lowest BCUT2D eigenvalue weighted by Crippen LogP contribution is -2.78. The summed E-state index contributed by atoms with van der Waals surface area (Å²) in [6.45, 7) is 10.1. The fourth-order valence-corrected chi connectivity index (χ4v) is 10.4. The number of methoxy groups -OCH3 is 1. The van der Waals surface area contributed by atoms with E-state index in [0.717, 1.165) is 12.0 Å². The molecule has 0 bridgehead atoms. The fourth-order valence-electron chi connectivity index (χ4n) is 10.4. The van der Waals surface area contributed by atoms with Crippen molar-refractivity contribution in [2.24, 2.45) is 38.9 Å². The van der Waals surface area contributed by atoms with E-state index in [1.54, 1.807) is 6.92 Å². The van der Waals surface area contributed by atoms with Crippen molar-refractivity contribution in [1.82, 2.24) is 0 Å². The van der Waals surface area contributed by atoms with E-state index in [1.165, 1.54) is 13.2 Å². The van der Waals surface area contributed by atoms with Gasteiger partial charge in [-0.25, -0.2) is 4.79 Å². The summed E-state index contributed by atoms with van der Waals surface area (Å²) in [5, 5.41) is 35.9. The van der Waals surface area contributed by atoms with Crippen LogP contribution in [0.2, 0.25) is 0 Å². The fraction of sp³-hybridized carbons (Fsp3) is 0.800. The third-order valence-corrected chi connectivity index (χ3v) is 12.3. The van der Waals surface area contributed by atoms with Gasteiger partial charge < -0.3 is 24.8 Å². The van der Waals surface area contributed by atoms with Gasteiger partial charge in [0.2, 0.25) is 0 Å². The maximum atomic E-state index is 14.1. The molecule has 7 nitrogen and oxygen atoms in total. The maximum absolute atomic E-state index is 14.1. The number of rotatable bonds is 2. The third-order valence-electron chi connectivity index (χ3n) is 12.3. The van der Waals surface area contributed by atoms with Crippen molar-refractivity contribution >= 4 is 11.9 Å². The first-order valence-corrected chi connectivity index (χ1v) is 13.8. The molecule has 0 saturated heterocycles. The second kappa shape index (κ2) is 8.15. The Morgan fingerprint density at radius 2 is 1.89 bits per heavy atom. The largest absolute Gasteiger partial charge is 0.468 e. The SMILES string of the molecule is COC(=O)[C@@]12CC[C@@]3(C)[C@H]4C=CC(=O)OC[C@]4([C@H](C)O)C[C@@H](O)[C@H]3[C@@]1(C)CC[C@@]1(C)CC=C(C)C[C@]12O. The number of ether oxygens (including phenoxy) is 2. The molecule has 10 atom stereocenters. The first-order valence-electron chi connectivity index (χ1n) is 13.8. The molecule has 0 radical (unpaired) electrons. The number of aliphatic hydroxyl groups is 3. The summed E-state index contributed by atoms with van der Waals surface area (Å²) in [5.41, 5.74) is -4.09. The number of cyclic esters (lactones) is 1. The lowest BCUT2D eigenvalue weighted by molar-refractivity contribution is -0.318. The van der Waals surface area contributed by atoms with E-state index in [4.69, 9.17) is 9.47 Å². The van der Waals surface area contributed by atoms with Crippen LogP contribution in [0.1, 0.15) is 79.6 Å². The van der Waals surface area contributed by atoms with Crippen LogP contribution in [0.4, 0.5) is 0 Å². The topological polar surface area (TPSA) is 113 Å². The number of hydrogen-bond acceptors (Lipinski definition) is 7. The minimum atomic E-state index is -1.32. The summed E-state index contributed by atoms with van der Waals surface area (Å²) < 4.78 is 11.0. The molecule has 0 aromatic heterocycles. The Morgan fingerprint density at radius 1 is 1.19 bits per heavy atom. The molecule has 1 heterocycles. The zero-order chi connectivity index (χ0) is 27.2. The second-order valence-electron chi connectivity index (χ2n) is 13.8. The number of fused-ring (bicyclic) bond motifs is 7. The molecule has 1 aliphatic heterocycles. The van der Waals surface area contributed by atoms with Crippen LogP contribution in [0.15, 0.2) is 23.8 Å². The maximum Gasteiger partial charge on any atom is 0.330 e. The zero-order valence-corrected chi connectivity index (χ0v) is 23.2. The van der Waals surface area contributed by atoms with Crippen molar-refractivity contribution in [1.29, 1.82) is 0 Å². The molecule has 3 saturated carbocycles. The molecule has 0 aromatic rings. The lowest BCUT2D eigenvalue weighted by Gasteiger charge is -2.75. The highest BCUT2D eigenvalue weighted by Gasteiger charge is 2.80. The van der Waals surface area contributed by atoms with Crippen LogP contribution < -0.4 is 0 Å². The summed E-state index contributed by atoms with van der Waals surface area (Å²) in [7, 11) is 1.40. The highest BCUT2D eigenvalue weighted by molar-refractivity contribution is 5.82. The predicted molar refractivity (Wildman–Crippen MR) is 137 cm³/mol. The zero-order valence-electron chi connectivity index (χ0n) is 23.2. The quantitative estimate of drug-likeness (QED) is 0.379. The normalized spacial score (nSPS) is 51.8. The van der Waals surface area contributed by atoms with Crippen molar-refractivity contribution in [3.05, 3.63) is 23.8 Å². The number of aliphatic hydroxyl groups excluding tert-OH is 2. The molecule has 0 aromatic carbocycles. The van der Waals surface area contributed by atoms with Crippen LogP contribution in [-0.2, 0) is 19.1 Å². The van der Waals surface area contributed by atoms with E-state index < -0.39 is 56.8 Å². The van der Waals surface area contributed by atoms with Gasteiger partial charge in [-0.2, -0.15) is 0 Å². The second-order valence-corrected chi connectivity index (χ2v) is 13.8. The van der Waals surface area contributed by atoms with E-state index in [-0.39, 0.29) is 24.9 Å². The molecule has 3 N–H and O–H groups in total. The highest BCUT2D eigenvalue weighted by atomic mass is 16.5. The summed E-state index contributed by atoms with van der Waals surface area (Å²) >= 11 is 0. The number of carbonyl (C=O) groups is 2. The molecule has 0 spiro atoms. The van der Waals surface area contributed by atoms with Crippen molar-refractivity contribution in [2.75, 3.05) is 13.7 Å². The molecule has 0 unspecified atom stereocenters. The standard InChI is InChI=1S/C30H44O7/c1-18-9-10-25(3)11-13-27(5)23-20(32)16-28(19(2)31)17-37-22(33)8-7-21(28)26(23,4)12-14-29(27,24(34)36-6)30(25,35)15-18/h7-9,19-21,23,31-32,35H,10-17H2,1-6H3/t19-,20+,21+,23+,25+,26-,27+,28-,29-,30-/m0/s1. The van der Waals surface area contributed by atoms with Gasteiger partial charge in [-0.15, -0.1) is 0 Å².